The van der Waals surface area contributed by atoms with Crippen molar-refractivity contribution >= 4 is 52.9 Å². The molecule has 3 N–H and O–H groups in total. The quantitative estimate of drug-likeness (QED) is 0.126. The van der Waals surface area contributed by atoms with Gasteiger partial charge in [0.1, 0.15) is 0 Å². The standard InChI is InChI=1S/C45H59ClF3N7O7/c46-36-27-30(26-35(41(36)50)45(47,48)49)28-38(63-44(61)55-23-13-34(14-24-55)56-29-33-6-1-2-7-37(33)51-43(56)60)42(59)54-21-11-32(12-22-54)31-9-18-52(19-10-31)20-15-40(58)62-25-5-17-53-16-4-3-8-39(53)57/h1-2,6-7,26-27,31-32,34,38H,3-5,8-25,28-29,50H2,(H,51,60)/t38-/m1/s1. The lowest BCUT2D eigenvalue weighted by atomic mass is 9.78. The summed E-state index contributed by atoms with van der Waals surface area (Å²) in [6.07, 6.45) is 0.573. The van der Waals surface area contributed by atoms with Gasteiger partial charge in [-0.25, -0.2) is 9.59 Å². The van der Waals surface area contributed by atoms with Gasteiger partial charge in [-0.1, -0.05) is 29.8 Å². The number of nitrogens with zero attached hydrogens (tertiary/aromatic N) is 5. The minimum Gasteiger partial charge on any atom is -0.466 e. The molecule has 18 heteroatoms. The molecule has 5 amide bonds. The van der Waals surface area contributed by atoms with Gasteiger partial charge in [0.25, 0.3) is 5.91 Å². The zero-order valence-corrected chi connectivity index (χ0v) is 36.5. The number of ether oxygens (including phenoxy) is 2. The Morgan fingerprint density at radius 1 is 0.873 bits per heavy atom. The van der Waals surface area contributed by atoms with Gasteiger partial charge < -0.3 is 45.0 Å². The first-order valence-electron chi connectivity index (χ1n) is 22.4. The number of carbonyl (C=O) groups is 5. The molecule has 2 aromatic rings. The molecule has 0 aliphatic carbocycles. The summed E-state index contributed by atoms with van der Waals surface area (Å²) < 4.78 is 53.2. The van der Waals surface area contributed by atoms with Crippen molar-refractivity contribution in [2.24, 2.45) is 11.8 Å². The highest BCUT2D eigenvalue weighted by Gasteiger charge is 2.39. The molecule has 5 aliphatic heterocycles. The first kappa shape index (κ1) is 46.2. The van der Waals surface area contributed by atoms with Crippen molar-refractivity contribution in [3.05, 3.63) is 58.1 Å². The molecule has 0 spiro atoms. The first-order valence-corrected chi connectivity index (χ1v) is 22.8. The Morgan fingerprint density at radius 2 is 1.56 bits per heavy atom. The van der Waals surface area contributed by atoms with Gasteiger partial charge in [0.15, 0.2) is 6.10 Å². The summed E-state index contributed by atoms with van der Waals surface area (Å²) in [5.74, 6) is 0.278. The van der Waals surface area contributed by atoms with Gasteiger partial charge in [-0.15, -0.1) is 0 Å². The van der Waals surface area contributed by atoms with Crippen LogP contribution in [0.1, 0.15) is 87.3 Å². The number of carbonyl (C=O) groups excluding carboxylic acids is 5. The highest BCUT2D eigenvalue weighted by molar-refractivity contribution is 6.33. The van der Waals surface area contributed by atoms with E-state index in [4.69, 9.17) is 26.8 Å². The van der Waals surface area contributed by atoms with E-state index in [-0.39, 0.29) is 54.0 Å². The molecule has 7 rings (SSSR count). The molecule has 0 aromatic heterocycles. The second-order valence-corrected chi connectivity index (χ2v) is 18.0. The number of urea groups is 1. The summed E-state index contributed by atoms with van der Waals surface area (Å²) in [6.45, 7) is 5.82. The van der Waals surface area contributed by atoms with E-state index in [9.17, 15) is 37.1 Å². The Labute approximate surface area is 371 Å². The van der Waals surface area contributed by atoms with Crippen LogP contribution in [-0.2, 0) is 43.0 Å². The Balaban J connectivity index is 0.895. The van der Waals surface area contributed by atoms with Gasteiger partial charge in [-0.2, -0.15) is 13.2 Å². The Hall–Kier alpha value is -4.77. The number of nitrogen functional groups attached to an aromatic ring is 1. The number of fused-ring (bicyclic) bond motifs is 1. The van der Waals surface area contributed by atoms with Gasteiger partial charge in [0.2, 0.25) is 5.91 Å². The lowest BCUT2D eigenvalue weighted by Gasteiger charge is -2.41. The van der Waals surface area contributed by atoms with Crippen LogP contribution in [0, 0.1) is 11.8 Å². The number of nitrogens with two attached hydrogens (primary N) is 1. The number of nitrogens with one attached hydrogen (secondary N) is 1. The second-order valence-electron chi connectivity index (χ2n) is 17.6. The van der Waals surface area contributed by atoms with Gasteiger partial charge in [-0.05, 0) is 112 Å². The molecule has 5 heterocycles. The normalized spacial score (nSPS) is 20.3. The van der Waals surface area contributed by atoms with Crippen molar-refractivity contribution < 1.29 is 46.6 Å². The maximum absolute atomic E-state index is 14.2. The zero-order valence-electron chi connectivity index (χ0n) is 35.7. The summed E-state index contributed by atoms with van der Waals surface area (Å²) in [6, 6.07) is 9.37. The highest BCUT2D eigenvalue weighted by atomic mass is 35.5. The third-order valence-corrected chi connectivity index (χ3v) is 13.8. The Morgan fingerprint density at radius 3 is 2.25 bits per heavy atom. The van der Waals surface area contributed by atoms with Crippen LogP contribution in [-0.4, -0.2) is 132 Å². The van der Waals surface area contributed by atoms with E-state index in [1.807, 2.05) is 29.2 Å². The third-order valence-electron chi connectivity index (χ3n) is 13.5. The van der Waals surface area contributed by atoms with Crippen molar-refractivity contribution in [1.29, 1.82) is 0 Å². The highest BCUT2D eigenvalue weighted by Crippen LogP contribution is 2.39. The first-order chi connectivity index (χ1) is 30.2. The summed E-state index contributed by atoms with van der Waals surface area (Å²) in [5.41, 5.74) is 5.78. The second kappa shape index (κ2) is 20.8. The molecule has 5 aliphatic rings. The van der Waals surface area contributed by atoms with Crippen LogP contribution in [0.15, 0.2) is 36.4 Å². The summed E-state index contributed by atoms with van der Waals surface area (Å²) >= 11 is 6.16. The number of esters is 1. The van der Waals surface area contributed by atoms with Crippen molar-refractivity contribution in [1.82, 2.24) is 24.5 Å². The third kappa shape index (κ3) is 11.9. The zero-order chi connectivity index (χ0) is 44.7. The molecular formula is C45H59ClF3N7O7. The molecule has 0 saturated carbocycles. The number of hydrogen-bond acceptors (Lipinski definition) is 9. The molecule has 14 nitrogen and oxygen atoms in total. The maximum Gasteiger partial charge on any atom is 0.418 e. The molecule has 344 valence electrons. The number of alkyl halides is 3. The molecule has 4 saturated heterocycles. The number of amides is 5. The van der Waals surface area contributed by atoms with Crippen molar-refractivity contribution in [3.63, 3.8) is 0 Å². The topological polar surface area (TPSA) is 158 Å². The van der Waals surface area contributed by atoms with Crippen LogP contribution < -0.4 is 11.1 Å². The fraction of sp³-hybridized carbons (Fsp3) is 0.622. The number of hydrogen-bond donors (Lipinski definition) is 2. The molecule has 1 atom stereocenters. The largest absolute Gasteiger partial charge is 0.466 e. The summed E-state index contributed by atoms with van der Waals surface area (Å²) in [5, 5.41) is 2.62. The predicted octanol–water partition coefficient (Wildman–Crippen LogP) is 6.79. The lowest BCUT2D eigenvalue weighted by Crippen LogP contribution is -2.52. The number of benzene rings is 2. The lowest BCUT2D eigenvalue weighted by molar-refractivity contribution is -0.145. The van der Waals surface area contributed by atoms with Crippen LogP contribution in [0.3, 0.4) is 0 Å². The van der Waals surface area contributed by atoms with E-state index < -0.39 is 35.5 Å². The van der Waals surface area contributed by atoms with E-state index in [1.54, 1.807) is 9.80 Å². The Bertz CT molecular complexity index is 1970. The van der Waals surface area contributed by atoms with E-state index in [0.717, 1.165) is 75.5 Å². The van der Waals surface area contributed by atoms with Crippen molar-refractivity contribution in [2.75, 3.05) is 76.6 Å². The van der Waals surface area contributed by atoms with Crippen LogP contribution in [0.2, 0.25) is 5.02 Å². The van der Waals surface area contributed by atoms with Crippen LogP contribution in [0.25, 0.3) is 0 Å². The van der Waals surface area contributed by atoms with E-state index in [2.05, 4.69) is 10.2 Å². The smallest absolute Gasteiger partial charge is 0.418 e. The number of rotatable bonds is 13. The number of anilines is 2. The molecule has 0 unspecified atom stereocenters. The average Bonchev–Trinajstić information content (AvgIpc) is 3.28. The fourth-order valence-corrected chi connectivity index (χ4v) is 10.0. The monoisotopic (exact) mass is 901 g/mol. The van der Waals surface area contributed by atoms with E-state index in [1.165, 1.54) is 11.0 Å². The number of likely N-dealkylation sites (tertiary alicyclic amines) is 4. The molecule has 4 fully saturated rings. The van der Waals surface area contributed by atoms with E-state index in [0.29, 0.717) is 83.3 Å². The van der Waals surface area contributed by atoms with Gasteiger partial charge >= 0.3 is 24.3 Å². The van der Waals surface area contributed by atoms with Crippen LogP contribution in [0.5, 0.6) is 0 Å². The summed E-state index contributed by atoms with van der Waals surface area (Å²) in [7, 11) is 0. The summed E-state index contributed by atoms with van der Waals surface area (Å²) in [4.78, 5) is 74.3. The van der Waals surface area contributed by atoms with Gasteiger partial charge in [-0.3, -0.25) is 14.4 Å². The number of halogens is 4. The van der Waals surface area contributed by atoms with Crippen LogP contribution in [0.4, 0.5) is 34.1 Å². The molecule has 63 heavy (non-hydrogen) atoms. The number of para-hydroxylation sites is 1. The van der Waals surface area contributed by atoms with Crippen molar-refractivity contribution in [2.45, 2.75) is 102 Å². The Kier molecular flexibility index (Phi) is 15.3. The fourth-order valence-electron chi connectivity index (χ4n) is 9.80. The minimum atomic E-state index is -4.79. The average molecular weight is 902 g/mol. The molecule has 0 bridgehead atoms. The predicted molar refractivity (Wildman–Crippen MR) is 230 cm³/mol. The molecular weight excluding hydrogens is 843 g/mol. The van der Waals surface area contributed by atoms with Gasteiger partial charge in [0, 0.05) is 76.9 Å². The minimum absolute atomic E-state index is 0.0586. The van der Waals surface area contributed by atoms with Gasteiger partial charge in [0.05, 0.1) is 29.3 Å². The van der Waals surface area contributed by atoms with E-state index >= 15 is 0 Å². The molecule has 0 radical (unpaired) electrons. The van der Waals surface area contributed by atoms with Crippen molar-refractivity contribution in [3.8, 4) is 0 Å². The maximum atomic E-state index is 14.2. The van der Waals surface area contributed by atoms with Crippen LogP contribution >= 0.6 is 11.6 Å². The molecule has 2 aromatic carbocycles. The SMILES string of the molecule is Nc1c(Cl)cc(C[C@@H](OC(=O)N2CCC(N3Cc4ccccc4NC3=O)CC2)C(=O)N2CCC(C3CCN(CCC(=O)OCCCN4CCCCC4=O)CC3)CC2)cc1C(F)(F)F. The number of piperidine rings is 4.